The third-order valence-corrected chi connectivity index (χ3v) is 3.25. The summed E-state index contributed by atoms with van der Waals surface area (Å²) in [4.78, 5) is 8.56. The number of anilines is 1. The van der Waals surface area contributed by atoms with Crippen molar-refractivity contribution in [3.8, 4) is 11.3 Å². The topological polar surface area (TPSA) is 37.8 Å². The lowest BCUT2D eigenvalue weighted by Crippen LogP contribution is -2.02. The highest BCUT2D eigenvalue weighted by Crippen LogP contribution is 2.39. The zero-order valence-corrected chi connectivity index (χ0v) is 10.8. The molecule has 0 aliphatic heterocycles. The number of nitrogens with zero attached hydrogens (tertiary/aromatic N) is 2. The van der Waals surface area contributed by atoms with Crippen molar-refractivity contribution in [3.63, 3.8) is 0 Å². The molecule has 104 valence electrons. The predicted molar refractivity (Wildman–Crippen MR) is 68.9 cm³/mol. The molecule has 0 amide bonds. The fourth-order valence-electron chi connectivity index (χ4n) is 1.98. The van der Waals surface area contributed by atoms with Crippen molar-refractivity contribution in [2.24, 2.45) is 0 Å². The van der Waals surface area contributed by atoms with Crippen LogP contribution in [0.25, 0.3) is 11.3 Å². The smallest absolute Gasteiger partial charge is 0.195 e. The maximum absolute atomic E-state index is 13.8. The van der Waals surface area contributed by atoms with Gasteiger partial charge in [-0.2, -0.15) is 0 Å². The van der Waals surface area contributed by atoms with Crippen LogP contribution < -0.4 is 5.32 Å². The summed E-state index contributed by atoms with van der Waals surface area (Å²) in [6.45, 7) is 0. The Morgan fingerprint density at radius 2 is 1.85 bits per heavy atom. The zero-order valence-electron chi connectivity index (χ0n) is 10.8. The third-order valence-electron chi connectivity index (χ3n) is 3.25. The Morgan fingerprint density at radius 1 is 1.10 bits per heavy atom. The van der Waals surface area contributed by atoms with Crippen molar-refractivity contribution in [3.05, 3.63) is 41.5 Å². The highest BCUT2D eigenvalue weighted by Gasteiger charge is 2.28. The fourth-order valence-corrected chi connectivity index (χ4v) is 1.98. The van der Waals surface area contributed by atoms with Crippen LogP contribution in [-0.4, -0.2) is 17.0 Å². The van der Waals surface area contributed by atoms with Crippen molar-refractivity contribution >= 4 is 5.82 Å². The highest BCUT2D eigenvalue weighted by molar-refractivity contribution is 5.63. The van der Waals surface area contributed by atoms with Gasteiger partial charge in [0.05, 0.1) is 5.69 Å². The largest absolute Gasteiger partial charge is 0.373 e. The molecule has 0 radical (unpaired) electrons. The maximum atomic E-state index is 13.8. The van der Waals surface area contributed by atoms with Gasteiger partial charge in [0, 0.05) is 24.6 Å². The Morgan fingerprint density at radius 3 is 2.50 bits per heavy atom. The molecule has 0 spiro atoms. The van der Waals surface area contributed by atoms with Crippen LogP contribution in [0.4, 0.5) is 19.0 Å². The molecular weight excluding hydrogens is 267 g/mol. The normalized spacial score (nSPS) is 14.4. The van der Waals surface area contributed by atoms with E-state index in [1.54, 1.807) is 7.05 Å². The van der Waals surface area contributed by atoms with E-state index < -0.39 is 17.5 Å². The molecule has 1 saturated carbocycles. The summed E-state index contributed by atoms with van der Waals surface area (Å²) < 4.78 is 40.1. The number of aromatic nitrogens is 2. The number of nitrogens with one attached hydrogen (secondary N) is 1. The summed E-state index contributed by atoms with van der Waals surface area (Å²) in [6.07, 6.45) is 1.99. The van der Waals surface area contributed by atoms with Crippen LogP contribution in [-0.2, 0) is 0 Å². The molecular formula is C14H12F3N3. The van der Waals surface area contributed by atoms with Gasteiger partial charge in [0.2, 0.25) is 0 Å². The summed E-state index contributed by atoms with van der Waals surface area (Å²) in [7, 11) is 1.68. The van der Waals surface area contributed by atoms with Crippen molar-refractivity contribution in [1.82, 2.24) is 9.97 Å². The zero-order chi connectivity index (χ0) is 14.3. The van der Waals surface area contributed by atoms with E-state index in [1.165, 1.54) is 12.1 Å². The number of rotatable bonds is 3. The van der Waals surface area contributed by atoms with Crippen LogP contribution in [0.2, 0.25) is 0 Å². The molecule has 0 atom stereocenters. The standard InChI is InChI=1S/C14H12F3N3/c1-18-11-6-10(19-14(20-11)7-2-3-7)8-4-5-9(15)13(17)12(8)16/h4-7H,2-3H2,1H3,(H,18,19,20). The summed E-state index contributed by atoms with van der Waals surface area (Å²) in [6, 6.07) is 3.60. The van der Waals surface area contributed by atoms with Crippen LogP contribution in [0.15, 0.2) is 18.2 Å². The SMILES string of the molecule is CNc1cc(-c2ccc(F)c(F)c2F)nc(C2CC2)n1. The van der Waals surface area contributed by atoms with E-state index >= 15 is 0 Å². The lowest BCUT2D eigenvalue weighted by Gasteiger charge is -2.09. The number of hydrogen-bond donors (Lipinski definition) is 1. The first-order valence-corrected chi connectivity index (χ1v) is 6.30. The summed E-state index contributed by atoms with van der Waals surface area (Å²) in [5, 5.41) is 2.86. The van der Waals surface area contributed by atoms with Gasteiger partial charge < -0.3 is 5.32 Å². The summed E-state index contributed by atoms with van der Waals surface area (Å²) in [5.41, 5.74) is 0.187. The first-order chi connectivity index (χ1) is 9.60. The quantitative estimate of drug-likeness (QED) is 0.874. The lowest BCUT2D eigenvalue weighted by molar-refractivity contribution is 0.449. The molecule has 1 aromatic heterocycles. The van der Waals surface area contributed by atoms with Gasteiger partial charge in [-0.3, -0.25) is 0 Å². The van der Waals surface area contributed by atoms with Gasteiger partial charge in [-0.25, -0.2) is 23.1 Å². The van der Waals surface area contributed by atoms with Crippen molar-refractivity contribution < 1.29 is 13.2 Å². The Hall–Kier alpha value is -2.11. The Balaban J connectivity index is 2.13. The third kappa shape index (κ3) is 2.21. The molecule has 3 rings (SSSR count). The van der Waals surface area contributed by atoms with Crippen molar-refractivity contribution in [1.29, 1.82) is 0 Å². The number of halogens is 3. The summed E-state index contributed by atoms with van der Waals surface area (Å²) in [5.74, 6) is -2.52. The molecule has 1 aromatic carbocycles. The van der Waals surface area contributed by atoms with Crippen molar-refractivity contribution in [2.45, 2.75) is 18.8 Å². The molecule has 1 heterocycles. The van der Waals surface area contributed by atoms with Gasteiger partial charge >= 0.3 is 0 Å². The average molecular weight is 279 g/mol. The Bertz CT molecular complexity index is 669. The first kappa shape index (κ1) is 12.9. The van der Waals surface area contributed by atoms with E-state index in [0.29, 0.717) is 11.6 Å². The second kappa shape index (κ2) is 4.77. The number of benzene rings is 1. The van der Waals surface area contributed by atoms with Crippen LogP contribution in [0.5, 0.6) is 0 Å². The second-order valence-corrected chi connectivity index (χ2v) is 4.74. The minimum Gasteiger partial charge on any atom is -0.373 e. The van der Waals surface area contributed by atoms with Gasteiger partial charge in [-0.15, -0.1) is 0 Å². The fraction of sp³-hybridized carbons (Fsp3) is 0.286. The molecule has 3 nitrogen and oxygen atoms in total. The maximum Gasteiger partial charge on any atom is 0.195 e. The van der Waals surface area contributed by atoms with Gasteiger partial charge in [0.15, 0.2) is 17.5 Å². The molecule has 1 fully saturated rings. The van der Waals surface area contributed by atoms with E-state index in [4.69, 9.17) is 0 Å². The average Bonchev–Trinajstić information content (AvgIpc) is 3.29. The minimum absolute atomic E-state index is 0.0651. The highest BCUT2D eigenvalue weighted by atomic mass is 19.2. The second-order valence-electron chi connectivity index (χ2n) is 4.74. The molecule has 1 N–H and O–H groups in total. The Labute approximate surface area is 113 Å². The van der Waals surface area contributed by atoms with E-state index in [1.807, 2.05) is 0 Å². The molecule has 2 aromatic rings. The van der Waals surface area contributed by atoms with Crippen LogP contribution >= 0.6 is 0 Å². The molecule has 1 aliphatic carbocycles. The van der Waals surface area contributed by atoms with Crippen LogP contribution in [0, 0.1) is 17.5 Å². The van der Waals surface area contributed by atoms with Crippen LogP contribution in [0.3, 0.4) is 0 Å². The van der Waals surface area contributed by atoms with E-state index in [2.05, 4.69) is 15.3 Å². The molecule has 0 unspecified atom stereocenters. The van der Waals surface area contributed by atoms with Gasteiger partial charge in [0.1, 0.15) is 11.6 Å². The molecule has 6 heteroatoms. The number of hydrogen-bond acceptors (Lipinski definition) is 3. The van der Waals surface area contributed by atoms with Crippen molar-refractivity contribution in [2.75, 3.05) is 12.4 Å². The Kier molecular flexibility index (Phi) is 3.08. The molecule has 0 bridgehead atoms. The predicted octanol–water partition coefficient (Wildman–Crippen LogP) is 3.48. The van der Waals surface area contributed by atoms with E-state index in [9.17, 15) is 13.2 Å². The minimum atomic E-state index is -1.49. The van der Waals surface area contributed by atoms with Gasteiger partial charge in [0.25, 0.3) is 0 Å². The van der Waals surface area contributed by atoms with Gasteiger partial charge in [-0.05, 0) is 25.0 Å². The first-order valence-electron chi connectivity index (χ1n) is 6.30. The lowest BCUT2D eigenvalue weighted by atomic mass is 10.1. The van der Waals surface area contributed by atoms with Gasteiger partial charge in [-0.1, -0.05) is 0 Å². The molecule has 0 saturated heterocycles. The van der Waals surface area contributed by atoms with Crippen LogP contribution in [0.1, 0.15) is 24.6 Å². The molecule has 20 heavy (non-hydrogen) atoms. The summed E-state index contributed by atoms with van der Waals surface area (Å²) >= 11 is 0. The van der Waals surface area contributed by atoms with E-state index in [0.717, 1.165) is 18.9 Å². The molecule has 1 aliphatic rings. The monoisotopic (exact) mass is 279 g/mol. The van der Waals surface area contributed by atoms with E-state index in [-0.39, 0.29) is 17.2 Å².